The fourth-order valence-corrected chi connectivity index (χ4v) is 3.08. The van der Waals surface area contributed by atoms with Crippen LogP contribution < -0.4 is 5.32 Å². The van der Waals surface area contributed by atoms with Crippen LogP contribution in [-0.2, 0) is 13.2 Å². The summed E-state index contributed by atoms with van der Waals surface area (Å²) in [5.74, 6) is -0.800. The maximum atomic E-state index is 12.7. The highest BCUT2D eigenvalue weighted by molar-refractivity contribution is 6.22. The van der Waals surface area contributed by atoms with Crippen molar-refractivity contribution in [2.45, 2.75) is 13.2 Å². The zero-order valence-corrected chi connectivity index (χ0v) is 14.7. The molecule has 0 aliphatic carbocycles. The molecule has 1 aliphatic heterocycles. The van der Waals surface area contributed by atoms with Gasteiger partial charge in [-0.15, -0.1) is 0 Å². The van der Waals surface area contributed by atoms with Crippen LogP contribution in [0.2, 0.25) is 0 Å². The first-order valence-electron chi connectivity index (χ1n) is 8.60. The average Bonchev–Trinajstić information content (AvgIpc) is 3.31. The molecule has 7 nitrogen and oxygen atoms in total. The van der Waals surface area contributed by atoms with Gasteiger partial charge in [0.1, 0.15) is 5.76 Å². The Balaban J connectivity index is 1.56. The Morgan fingerprint density at radius 3 is 2.57 bits per heavy atom. The molecule has 0 atom stereocenters. The number of carbonyl (C=O) groups excluding carboxylic acids is 3. The summed E-state index contributed by atoms with van der Waals surface area (Å²) < 4.78 is 5.21. The zero-order valence-electron chi connectivity index (χ0n) is 14.7. The number of nitrogens with one attached hydrogen (secondary N) is 1. The van der Waals surface area contributed by atoms with Crippen LogP contribution in [-0.4, -0.2) is 27.7 Å². The van der Waals surface area contributed by atoms with Crippen molar-refractivity contribution in [3.05, 3.63) is 88.9 Å². The Morgan fingerprint density at radius 2 is 1.82 bits per heavy atom. The van der Waals surface area contributed by atoms with Crippen molar-refractivity contribution in [3.63, 3.8) is 0 Å². The Hall–Kier alpha value is -3.71. The minimum absolute atomic E-state index is 0.0365. The molecule has 0 saturated carbocycles. The van der Waals surface area contributed by atoms with E-state index in [4.69, 9.17) is 4.42 Å². The fraction of sp³-hybridized carbons (Fsp3) is 0.0952. The molecule has 28 heavy (non-hydrogen) atoms. The molecule has 0 fully saturated rings. The van der Waals surface area contributed by atoms with Gasteiger partial charge >= 0.3 is 0 Å². The van der Waals surface area contributed by atoms with Crippen LogP contribution in [0, 0.1) is 0 Å². The number of anilines is 1. The van der Waals surface area contributed by atoms with Crippen LogP contribution in [0.15, 0.2) is 65.3 Å². The molecule has 4 rings (SSSR count). The van der Waals surface area contributed by atoms with Crippen molar-refractivity contribution < 1.29 is 23.9 Å². The number of rotatable bonds is 5. The number of hydrogen-bond acceptors (Lipinski definition) is 5. The Bertz CT molecular complexity index is 1070. The lowest BCUT2D eigenvalue weighted by Gasteiger charge is -2.11. The lowest BCUT2D eigenvalue weighted by Crippen LogP contribution is -2.28. The maximum Gasteiger partial charge on any atom is 0.261 e. The Labute approximate surface area is 160 Å². The summed E-state index contributed by atoms with van der Waals surface area (Å²) in [6.07, 6.45) is 1.47. The first kappa shape index (κ1) is 17.7. The molecule has 1 aliphatic rings. The molecule has 0 spiro atoms. The van der Waals surface area contributed by atoms with E-state index in [2.05, 4.69) is 5.32 Å². The second-order valence-corrected chi connectivity index (χ2v) is 6.35. The summed E-state index contributed by atoms with van der Waals surface area (Å²) in [5, 5.41) is 11.9. The quantitative estimate of drug-likeness (QED) is 0.667. The average molecular weight is 376 g/mol. The van der Waals surface area contributed by atoms with E-state index in [0.29, 0.717) is 17.0 Å². The van der Waals surface area contributed by atoms with Gasteiger partial charge in [-0.1, -0.05) is 12.1 Å². The van der Waals surface area contributed by atoms with Crippen molar-refractivity contribution in [1.82, 2.24) is 4.90 Å². The van der Waals surface area contributed by atoms with Gasteiger partial charge in [-0.25, -0.2) is 0 Å². The van der Waals surface area contributed by atoms with E-state index in [-0.39, 0.29) is 29.8 Å². The van der Waals surface area contributed by atoms with Crippen molar-refractivity contribution >= 4 is 23.4 Å². The molecule has 1 aromatic heterocycles. The number of nitrogens with zero attached hydrogens (tertiary/aromatic N) is 1. The normalized spacial score (nSPS) is 13.0. The number of furan rings is 1. The highest BCUT2D eigenvalue weighted by Crippen LogP contribution is 2.26. The first-order chi connectivity index (χ1) is 13.6. The van der Waals surface area contributed by atoms with Crippen molar-refractivity contribution in [2.24, 2.45) is 0 Å². The minimum Gasteiger partial charge on any atom is -0.467 e. The van der Waals surface area contributed by atoms with E-state index in [1.54, 1.807) is 36.4 Å². The van der Waals surface area contributed by atoms with Gasteiger partial charge in [0, 0.05) is 11.3 Å². The molecule has 0 unspecified atom stereocenters. The van der Waals surface area contributed by atoms with Gasteiger partial charge in [0.15, 0.2) is 0 Å². The van der Waals surface area contributed by atoms with E-state index >= 15 is 0 Å². The second kappa shape index (κ2) is 7.13. The molecule has 3 aromatic rings. The van der Waals surface area contributed by atoms with E-state index in [0.717, 1.165) is 4.90 Å². The van der Waals surface area contributed by atoms with Crippen molar-refractivity contribution in [3.8, 4) is 0 Å². The predicted molar refractivity (Wildman–Crippen MR) is 99.7 cm³/mol. The van der Waals surface area contributed by atoms with Crippen LogP contribution in [0.1, 0.15) is 42.4 Å². The number of amides is 3. The number of carbonyl (C=O) groups is 3. The van der Waals surface area contributed by atoms with Gasteiger partial charge in [-0.2, -0.15) is 0 Å². The van der Waals surface area contributed by atoms with Gasteiger partial charge in [0.2, 0.25) is 0 Å². The number of benzene rings is 2. The molecule has 2 aromatic carbocycles. The number of hydrogen-bond donors (Lipinski definition) is 2. The highest BCUT2D eigenvalue weighted by atomic mass is 16.3. The Morgan fingerprint density at radius 1 is 1.00 bits per heavy atom. The first-order valence-corrected chi connectivity index (χ1v) is 8.60. The topological polar surface area (TPSA) is 99.8 Å². The second-order valence-electron chi connectivity index (χ2n) is 6.35. The fourth-order valence-electron chi connectivity index (χ4n) is 3.08. The monoisotopic (exact) mass is 376 g/mol. The van der Waals surface area contributed by atoms with E-state index in [1.807, 2.05) is 0 Å². The molecular weight excluding hydrogens is 360 g/mol. The third-order valence-electron chi connectivity index (χ3n) is 4.49. The summed E-state index contributed by atoms with van der Waals surface area (Å²) >= 11 is 0. The Kier molecular flexibility index (Phi) is 4.50. The van der Waals surface area contributed by atoms with Gasteiger partial charge < -0.3 is 14.8 Å². The predicted octanol–water partition coefficient (Wildman–Crippen LogP) is 2.82. The molecule has 3 amide bonds. The standard InChI is InChI=1S/C21H16N2O5/c24-12-13-3-1-4-15(9-13)22-19(25)14-6-7-17-18(10-14)21(27)23(20(17)26)11-16-5-2-8-28-16/h1-10,24H,11-12H2,(H,22,25). The summed E-state index contributed by atoms with van der Waals surface area (Å²) in [6, 6.07) is 14.6. The summed E-state index contributed by atoms with van der Waals surface area (Å²) in [7, 11) is 0. The largest absolute Gasteiger partial charge is 0.467 e. The van der Waals surface area contributed by atoms with Crippen molar-refractivity contribution in [1.29, 1.82) is 0 Å². The smallest absolute Gasteiger partial charge is 0.261 e. The maximum absolute atomic E-state index is 12.7. The molecule has 0 radical (unpaired) electrons. The lowest BCUT2D eigenvalue weighted by atomic mass is 10.1. The summed E-state index contributed by atoms with van der Waals surface area (Å²) in [6.45, 7) is -0.0977. The highest BCUT2D eigenvalue weighted by Gasteiger charge is 2.36. The van der Waals surface area contributed by atoms with E-state index in [9.17, 15) is 19.5 Å². The van der Waals surface area contributed by atoms with Gasteiger partial charge in [-0.05, 0) is 48.0 Å². The summed E-state index contributed by atoms with van der Waals surface area (Å²) in [5.41, 5.74) is 1.90. The SMILES string of the molecule is O=C(Nc1cccc(CO)c1)c1ccc2c(c1)C(=O)N(Cc1ccco1)C2=O. The number of fused-ring (bicyclic) bond motifs is 1. The lowest BCUT2D eigenvalue weighted by molar-refractivity contribution is 0.0631. The third kappa shape index (κ3) is 3.19. The third-order valence-corrected chi connectivity index (χ3v) is 4.49. The van der Waals surface area contributed by atoms with Crippen LogP contribution in [0.25, 0.3) is 0 Å². The summed E-state index contributed by atoms with van der Waals surface area (Å²) in [4.78, 5) is 38.8. The van der Waals surface area contributed by atoms with Crippen LogP contribution in [0.3, 0.4) is 0 Å². The number of aliphatic hydroxyl groups is 1. The molecule has 2 N–H and O–H groups in total. The van der Waals surface area contributed by atoms with Gasteiger partial charge in [0.25, 0.3) is 17.7 Å². The molecule has 0 saturated heterocycles. The minimum atomic E-state index is -0.465. The van der Waals surface area contributed by atoms with E-state index in [1.165, 1.54) is 24.5 Å². The molecule has 7 heteroatoms. The molecular formula is C21H16N2O5. The molecule has 140 valence electrons. The van der Waals surface area contributed by atoms with Crippen LogP contribution >= 0.6 is 0 Å². The van der Waals surface area contributed by atoms with Crippen molar-refractivity contribution in [2.75, 3.05) is 5.32 Å². The molecule has 0 bridgehead atoms. The number of aliphatic hydroxyl groups excluding tert-OH is 1. The van der Waals surface area contributed by atoms with E-state index < -0.39 is 17.7 Å². The zero-order chi connectivity index (χ0) is 19.7. The molecule has 2 heterocycles. The van der Waals surface area contributed by atoms with Crippen LogP contribution in [0.5, 0.6) is 0 Å². The van der Waals surface area contributed by atoms with Gasteiger partial charge in [0.05, 0.1) is 30.5 Å². The number of imide groups is 1. The van der Waals surface area contributed by atoms with Gasteiger partial charge in [-0.3, -0.25) is 19.3 Å². The van der Waals surface area contributed by atoms with Crippen LogP contribution in [0.4, 0.5) is 5.69 Å².